The van der Waals surface area contributed by atoms with E-state index >= 15 is 0 Å². The third-order valence-corrected chi connectivity index (χ3v) is 5.35. The molecule has 6 nitrogen and oxygen atoms in total. The number of carbonyl (C=O) groups is 1. The second-order valence-electron chi connectivity index (χ2n) is 6.79. The molecule has 1 atom stereocenters. The third kappa shape index (κ3) is 4.67. The minimum Gasteiger partial charge on any atom is -0.455 e. The predicted molar refractivity (Wildman–Crippen MR) is 98.7 cm³/mol. The lowest BCUT2D eigenvalue weighted by atomic mass is 10.0. The fraction of sp³-hybridized carbons (Fsp3) is 0.556. The zero-order chi connectivity index (χ0) is 17.8. The molecular weight excluding hydrogens is 336 g/mol. The van der Waals surface area contributed by atoms with E-state index < -0.39 is 0 Å². The van der Waals surface area contributed by atoms with Crippen LogP contribution in [0.2, 0.25) is 0 Å². The van der Waals surface area contributed by atoms with Gasteiger partial charge in [0.1, 0.15) is 5.76 Å². The maximum Gasteiger partial charge on any atom is 0.289 e. The highest BCUT2D eigenvalue weighted by Crippen LogP contribution is 2.23. The fourth-order valence-electron chi connectivity index (χ4n) is 3.12. The highest BCUT2D eigenvalue weighted by molar-refractivity contribution is 7.98. The zero-order valence-electron chi connectivity index (χ0n) is 15.1. The highest BCUT2D eigenvalue weighted by atomic mass is 32.2. The van der Waals surface area contributed by atoms with Crippen LogP contribution in [0.25, 0.3) is 0 Å². The molecule has 1 saturated heterocycles. The lowest BCUT2D eigenvalue weighted by Crippen LogP contribution is -2.49. The average molecular weight is 362 g/mol. The Balaban J connectivity index is 1.57. The molecule has 1 unspecified atom stereocenters. The Kier molecular flexibility index (Phi) is 5.86. The van der Waals surface area contributed by atoms with Crippen molar-refractivity contribution in [2.45, 2.75) is 49.7 Å². The fourth-order valence-corrected chi connectivity index (χ4v) is 3.95. The van der Waals surface area contributed by atoms with Crippen molar-refractivity contribution >= 4 is 17.7 Å². The first-order chi connectivity index (χ1) is 12.0. The van der Waals surface area contributed by atoms with Gasteiger partial charge in [-0.15, -0.1) is 0 Å². The van der Waals surface area contributed by atoms with Gasteiger partial charge in [0.05, 0.1) is 5.75 Å². The van der Waals surface area contributed by atoms with Crippen LogP contribution in [0, 0.1) is 0 Å². The van der Waals surface area contributed by atoms with E-state index in [1.165, 1.54) is 0 Å². The molecule has 0 spiro atoms. The zero-order valence-corrected chi connectivity index (χ0v) is 15.9. The maximum atomic E-state index is 12.7. The van der Waals surface area contributed by atoms with Gasteiger partial charge in [-0.1, -0.05) is 25.6 Å². The average Bonchev–Trinajstić information content (AvgIpc) is 3.21. The number of hydrogen-bond acceptors (Lipinski definition) is 5. The molecule has 1 amide bonds. The van der Waals surface area contributed by atoms with Crippen molar-refractivity contribution in [3.05, 3.63) is 36.0 Å². The number of nitrogens with one attached hydrogen (secondary N) is 1. The van der Waals surface area contributed by atoms with Crippen molar-refractivity contribution < 1.29 is 9.21 Å². The quantitative estimate of drug-likeness (QED) is 0.801. The molecule has 7 heteroatoms. The lowest BCUT2D eigenvalue weighted by molar-refractivity contribution is 0.0657. The molecule has 136 valence electrons. The minimum absolute atomic E-state index is 0.0107. The number of thioether (sulfide) groups is 1. The number of imidazole rings is 1. The largest absolute Gasteiger partial charge is 0.455 e. The van der Waals surface area contributed by atoms with Crippen LogP contribution in [-0.4, -0.2) is 45.5 Å². The molecule has 0 radical (unpaired) electrons. The number of nitrogens with zero attached hydrogens (tertiary/aromatic N) is 3. The van der Waals surface area contributed by atoms with E-state index in [1.54, 1.807) is 24.0 Å². The van der Waals surface area contributed by atoms with Gasteiger partial charge < -0.3 is 19.2 Å². The second kappa shape index (κ2) is 8.10. The summed E-state index contributed by atoms with van der Waals surface area (Å²) in [4.78, 5) is 18.9. The molecule has 1 fully saturated rings. The van der Waals surface area contributed by atoms with Gasteiger partial charge in [0.15, 0.2) is 10.9 Å². The Morgan fingerprint density at radius 1 is 1.48 bits per heavy atom. The van der Waals surface area contributed by atoms with Crippen LogP contribution in [0.3, 0.4) is 0 Å². The number of hydrogen-bond donors (Lipinski definition) is 1. The normalized spacial score (nSPS) is 18.1. The number of carbonyl (C=O) groups excluding carboxylic acids is 1. The molecule has 0 saturated carbocycles. The van der Waals surface area contributed by atoms with Crippen LogP contribution in [0.4, 0.5) is 0 Å². The molecule has 1 aliphatic rings. The van der Waals surface area contributed by atoms with Gasteiger partial charge in [-0.2, -0.15) is 0 Å². The van der Waals surface area contributed by atoms with Crippen molar-refractivity contribution in [1.82, 2.24) is 19.8 Å². The van der Waals surface area contributed by atoms with Crippen LogP contribution in [-0.2, 0) is 12.8 Å². The summed E-state index contributed by atoms with van der Waals surface area (Å²) in [5, 5.41) is 4.46. The van der Waals surface area contributed by atoms with E-state index in [-0.39, 0.29) is 5.91 Å². The highest BCUT2D eigenvalue weighted by Gasteiger charge is 2.26. The first kappa shape index (κ1) is 18.1. The Morgan fingerprint density at radius 3 is 3.04 bits per heavy atom. The first-order valence-electron chi connectivity index (χ1n) is 8.77. The number of amides is 1. The van der Waals surface area contributed by atoms with Gasteiger partial charge in [0.2, 0.25) is 0 Å². The van der Waals surface area contributed by atoms with Gasteiger partial charge in [-0.05, 0) is 25.0 Å². The van der Waals surface area contributed by atoms with E-state index in [2.05, 4.69) is 24.1 Å². The van der Waals surface area contributed by atoms with Crippen LogP contribution >= 0.6 is 11.8 Å². The van der Waals surface area contributed by atoms with E-state index in [9.17, 15) is 4.79 Å². The Labute approximate surface area is 153 Å². The number of piperidine rings is 1. The summed E-state index contributed by atoms with van der Waals surface area (Å²) >= 11 is 1.60. The molecule has 25 heavy (non-hydrogen) atoms. The van der Waals surface area contributed by atoms with Crippen molar-refractivity contribution in [1.29, 1.82) is 0 Å². The van der Waals surface area contributed by atoms with Crippen molar-refractivity contribution in [3.8, 4) is 0 Å². The molecule has 2 aromatic heterocycles. The van der Waals surface area contributed by atoms with E-state index in [0.717, 1.165) is 36.8 Å². The van der Waals surface area contributed by atoms with Gasteiger partial charge in [-0.25, -0.2) is 4.98 Å². The molecule has 1 N–H and O–H groups in total. The number of rotatable bonds is 6. The summed E-state index contributed by atoms with van der Waals surface area (Å²) < 4.78 is 7.75. The van der Waals surface area contributed by atoms with E-state index in [1.807, 2.05) is 28.8 Å². The standard InChI is InChI=1S/C18H26N4O2S/c1-13(2)20-14-5-4-9-22(11-14)17(23)16-7-6-15(24-16)12-25-18-19-8-10-21(18)3/h6-8,10,13-14,20H,4-5,9,11-12H2,1-3H3. The minimum atomic E-state index is -0.0107. The third-order valence-electron chi connectivity index (χ3n) is 4.27. The van der Waals surface area contributed by atoms with E-state index in [0.29, 0.717) is 23.6 Å². The van der Waals surface area contributed by atoms with Crippen molar-refractivity contribution in [3.63, 3.8) is 0 Å². The topological polar surface area (TPSA) is 63.3 Å². The molecule has 2 aromatic rings. The van der Waals surface area contributed by atoms with Gasteiger partial charge >= 0.3 is 0 Å². The Hall–Kier alpha value is -1.73. The van der Waals surface area contributed by atoms with Gasteiger partial charge in [0, 0.05) is 44.6 Å². The number of aryl methyl sites for hydroxylation is 1. The maximum absolute atomic E-state index is 12.7. The summed E-state index contributed by atoms with van der Waals surface area (Å²) in [6.07, 6.45) is 5.83. The van der Waals surface area contributed by atoms with Gasteiger partial charge in [0.25, 0.3) is 5.91 Å². The molecule has 0 bridgehead atoms. The van der Waals surface area contributed by atoms with Crippen LogP contribution in [0.15, 0.2) is 34.1 Å². The first-order valence-corrected chi connectivity index (χ1v) is 9.75. The predicted octanol–water partition coefficient (Wildman–Crippen LogP) is 2.91. The van der Waals surface area contributed by atoms with Crippen molar-refractivity contribution in [2.24, 2.45) is 7.05 Å². The van der Waals surface area contributed by atoms with E-state index in [4.69, 9.17) is 4.42 Å². The van der Waals surface area contributed by atoms with Crippen LogP contribution < -0.4 is 5.32 Å². The Bertz CT molecular complexity index is 710. The van der Waals surface area contributed by atoms with Crippen LogP contribution in [0.5, 0.6) is 0 Å². The summed E-state index contributed by atoms with van der Waals surface area (Å²) in [7, 11) is 1.96. The summed E-state index contributed by atoms with van der Waals surface area (Å²) in [6, 6.07) is 4.47. The summed E-state index contributed by atoms with van der Waals surface area (Å²) in [5.74, 6) is 1.88. The number of aromatic nitrogens is 2. The lowest BCUT2D eigenvalue weighted by Gasteiger charge is -2.33. The number of furan rings is 1. The SMILES string of the molecule is CC(C)NC1CCCN(C(=O)c2ccc(CSc3nccn3C)o2)C1. The monoisotopic (exact) mass is 362 g/mol. The Morgan fingerprint density at radius 2 is 2.32 bits per heavy atom. The molecule has 0 aliphatic carbocycles. The van der Waals surface area contributed by atoms with Crippen LogP contribution in [0.1, 0.15) is 43.0 Å². The molecule has 3 heterocycles. The molecule has 3 rings (SSSR count). The van der Waals surface area contributed by atoms with Crippen molar-refractivity contribution in [2.75, 3.05) is 13.1 Å². The molecule has 1 aliphatic heterocycles. The molecule has 0 aromatic carbocycles. The summed E-state index contributed by atoms with van der Waals surface area (Å²) in [6.45, 7) is 5.82. The summed E-state index contributed by atoms with van der Waals surface area (Å²) in [5.41, 5.74) is 0. The van der Waals surface area contributed by atoms with Gasteiger partial charge in [-0.3, -0.25) is 4.79 Å². The molecular formula is C18H26N4O2S. The second-order valence-corrected chi connectivity index (χ2v) is 7.73. The smallest absolute Gasteiger partial charge is 0.289 e. The number of likely N-dealkylation sites (tertiary alicyclic amines) is 1.